The van der Waals surface area contributed by atoms with Gasteiger partial charge in [-0.2, -0.15) is 0 Å². The highest BCUT2D eigenvalue weighted by Crippen LogP contribution is 2.49. The van der Waals surface area contributed by atoms with Crippen LogP contribution in [0.5, 0.6) is 0 Å². The van der Waals surface area contributed by atoms with Gasteiger partial charge in [-0.3, -0.25) is 0 Å². The van der Waals surface area contributed by atoms with E-state index in [9.17, 15) is 0 Å². The standard InChI is InChI=1S/C67H46N2O/c1-5-19-46(20-6-1)48-33-35-51(36-34-48)65(57-29-14-13-27-55(57)50-23-9-3-10-24-50)59-42-44-63(66-58-30-16-18-32-64(58)70-67(59)66)68(53-39-37-49(38-40-53)47-21-7-2-8-22-47)54-41-43-62-60(45-54)56-28-15-17-31-61(56)69(62)52-25-11-4-12-26-52/h1-45,65H/t65-/m0/s1. The molecule has 70 heavy (non-hydrogen) atoms. The average molecular weight is 895 g/mol. The Labute approximate surface area is 407 Å². The molecule has 330 valence electrons. The molecule has 0 radical (unpaired) electrons. The number of rotatable bonds is 10. The number of benzene rings is 11. The van der Waals surface area contributed by atoms with Crippen molar-refractivity contribution in [1.29, 1.82) is 0 Å². The molecule has 1 atom stereocenters. The number of aromatic nitrogens is 1. The lowest BCUT2D eigenvalue weighted by molar-refractivity contribution is 0.661. The fraction of sp³-hybridized carbons (Fsp3) is 0.0149. The van der Waals surface area contributed by atoms with Gasteiger partial charge in [-0.05, 0) is 105 Å². The molecular formula is C67H46N2O. The van der Waals surface area contributed by atoms with Crippen LogP contribution in [0.3, 0.4) is 0 Å². The largest absolute Gasteiger partial charge is 0.456 e. The highest BCUT2D eigenvalue weighted by atomic mass is 16.3. The van der Waals surface area contributed by atoms with Gasteiger partial charge in [-0.1, -0.05) is 212 Å². The van der Waals surface area contributed by atoms with Crippen LogP contribution < -0.4 is 4.90 Å². The summed E-state index contributed by atoms with van der Waals surface area (Å²) in [7, 11) is 0. The summed E-state index contributed by atoms with van der Waals surface area (Å²) in [5, 5.41) is 4.52. The first kappa shape index (κ1) is 41.0. The molecule has 0 unspecified atom stereocenters. The molecule has 0 aliphatic heterocycles. The van der Waals surface area contributed by atoms with Gasteiger partial charge >= 0.3 is 0 Å². The lowest BCUT2D eigenvalue weighted by Gasteiger charge is -2.28. The molecule has 2 aromatic heterocycles. The van der Waals surface area contributed by atoms with E-state index in [1.54, 1.807) is 0 Å². The van der Waals surface area contributed by atoms with Gasteiger partial charge in [-0.25, -0.2) is 0 Å². The molecule has 0 N–H and O–H groups in total. The second-order valence-corrected chi connectivity index (χ2v) is 18.0. The maximum absolute atomic E-state index is 7.24. The Morgan fingerprint density at radius 2 is 0.886 bits per heavy atom. The first-order chi connectivity index (χ1) is 34.7. The maximum atomic E-state index is 7.24. The van der Waals surface area contributed by atoms with E-state index in [0.29, 0.717) is 0 Å². The van der Waals surface area contributed by atoms with Crippen LogP contribution in [0.2, 0.25) is 0 Å². The van der Waals surface area contributed by atoms with Crippen LogP contribution in [0.25, 0.3) is 82.8 Å². The van der Waals surface area contributed by atoms with Crippen molar-refractivity contribution in [2.45, 2.75) is 5.92 Å². The molecule has 0 spiro atoms. The third-order valence-corrected chi connectivity index (χ3v) is 14.0. The molecule has 2 heterocycles. The van der Waals surface area contributed by atoms with Crippen molar-refractivity contribution in [3.63, 3.8) is 0 Å². The number of fused-ring (bicyclic) bond motifs is 6. The van der Waals surface area contributed by atoms with E-state index >= 15 is 0 Å². The summed E-state index contributed by atoms with van der Waals surface area (Å²) in [6, 6.07) is 98.5. The molecule has 0 aliphatic carbocycles. The van der Waals surface area contributed by atoms with Gasteiger partial charge in [0.15, 0.2) is 0 Å². The van der Waals surface area contributed by atoms with Crippen LogP contribution in [0.1, 0.15) is 22.6 Å². The number of furan rings is 1. The second kappa shape index (κ2) is 17.5. The minimum absolute atomic E-state index is 0.169. The lowest BCUT2D eigenvalue weighted by atomic mass is 9.80. The van der Waals surface area contributed by atoms with Gasteiger partial charge in [0.2, 0.25) is 0 Å². The molecule has 3 nitrogen and oxygen atoms in total. The minimum Gasteiger partial charge on any atom is -0.456 e. The highest BCUT2D eigenvalue weighted by Gasteiger charge is 2.29. The number of para-hydroxylation sites is 3. The fourth-order valence-corrected chi connectivity index (χ4v) is 10.7. The van der Waals surface area contributed by atoms with Crippen molar-refractivity contribution in [3.8, 4) is 39.1 Å². The predicted molar refractivity (Wildman–Crippen MR) is 293 cm³/mol. The Balaban J connectivity index is 1.06. The van der Waals surface area contributed by atoms with Crippen molar-refractivity contribution in [2.24, 2.45) is 0 Å². The molecule has 0 bridgehead atoms. The number of anilines is 3. The van der Waals surface area contributed by atoms with Crippen LogP contribution in [0.15, 0.2) is 277 Å². The highest BCUT2D eigenvalue weighted by molar-refractivity contribution is 6.16. The summed E-state index contributed by atoms with van der Waals surface area (Å²) in [5.74, 6) is -0.169. The second-order valence-electron chi connectivity index (χ2n) is 18.0. The Morgan fingerprint density at radius 1 is 0.357 bits per heavy atom. The summed E-state index contributed by atoms with van der Waals surface area (Å²) in [6.07, 6.45) is 0. The Bertz CT molecular complexity index is 3970. The van der Waals surface area contributed by atoms with Crippen LogP contribution in [0.4, 0.5) is 17.1 Å². The van der Waals surface area contributed by atoms with E-state index in [-0.39, 0.29) is 5.92 Å². The molecule has 13 rings (SSSR count). The zero-order chi connectivity index (χ0) is 46.4. The first-order valence-electron chi connectivity index (χ1n) is 24.0. The Kier molecular flexibility index (Phi) is 10.2. The normalized spacial score (nSPS) is 11.9. The van der Waals surface area contributed by atoms with Crippen LogP contribution >= 0.6 is 0 Å². The third-order valence-electron chi connectivity index (χ3n) is 14.0. The van der Waals surface area contributed by atoms with Crippen molar-refractivity contribution in [1.82, 2.24) is 4.57 Å². The van der Waals surface area contributed by atoms with Crippen LogP contribution in [-0.2, 0) is 0 Å². The van der Waals surface area contributed by atoms with E-state index in [1.807, 2.05) is 0 Å². The smallest absolute Gasteiger partial charge is 0.141 e. The van der Waals surface area contributed by atoms with Gasteiger partial charge in [0, 0.05) is 44.7 Å². The quantitative estimate of drug-likeness (QED) is 0.128. The van der Waals surface area contributed by atoms with Crippen LogP contribution in [0, 0.1) is 0 Å². The summed E-state index contributed by atoms with van der Waals surface area (Å²) < 4.78 is 9.61. The van der Waals surface area contributed by atoms with Gasteiger partial charge in [-0.15, -0.1) is 0 Å². The summed E-state index contributed by atoms with van der Waals surface area (Å²) in [4.78, 5) is 2.43. The van der Waals surface area contributed by atoms with Gasteiger partial charge < -0.3 is 13.9 Å². The molecule has 13 aromatic rings. The number of nitrogens with zero attached hydrogens (tertiary/aromatic N) is 2. The van der Waals surface area contributed by atoms with Crippen LogP contribution in [-0.4, -0.2) is 4.57 Å². The topological polar surface area (TPSA) is 21.3 Å². The maximum Gasteiger partial charge on any atom is 0.141 e. The monoisotopic (exact) mass is 894 g/mol. The molecule has 0 saturated carbocycles. The third kappa shape index (κ3) is 7.15. The molecule has 0 fully saturated rings. The Morgan fingerprint density at radius 3 is 1.59 bits per heavy atom. The van der Waals surface area contributed by atoms with Gasteiger partial charge in [0.25, 0.3) is 0 Å². The SMILES string of the molecule is c1ccc(-c2ccc([C@@H](c3ccccc3-c3ccccc3)c3ccc(N(c4ccc(-c5ccccc5)cc4)c4ccc5c(c4)c4ccccc4n5-c4ccccc4)c4c3oc3ccccc34)cc2)cc1. The zero-order valence-electron chi connectivity index (χ0n) is 38.4. The zero-order valence-corrected chi connectivity index (χ0v) is 38.4. The molecule has 0 amide bonds. The van der Waals surface area contributed by atoms with Crippen molar-refractivity contribution >= 4 is 60.8 Å². The number of hydrogen-bond donors (Lipinski definition) is 0. The van der Waals surface area contributed by atoms with E-state index < -0.39 is 0 Å². The van der Waals surface area contributed by atoms with E-state index in [4.69, 9.17) is 4.42 Å². The van der Waals surface area contributed by atoms with Gasteiger partial charge in [0.1, 0.15) is 11.2 Å². The molecular weight excluding hydrogens is 849 g/mol. The first-order valence-corrected chi connectivity index (χ1v) is 24.0. The Hall–Kier alpha value is -9.18. The molecule has 11 aromatic carbocycles. The van der Waals surface area contributed by atoms with E-state index in [0.717, 1.165) is 61.3 Å². The molecule has 3 heteroatoms. The lowest BCUT2D eigenvalue weighted by Crippen LogP contribution is -2.12. The predicted octanol–water partition coefficient (Wildman–Crippen LogP) is 18.3. The van der Waals surface area contributed by atoms with Crippen molar-refractivity contribution in [3.05, 3.63) is 290 Å². The van der Waals surface area contributed by atoms with Crippen molar-refractivity contribution < 1.29 is 4.42 Å². The molecule has 0 aliphatic rings. The van der Waals surface area contributed by atoms with Crippen molar-refractivity contribution in [2.75, 3.05) is 4.90 Å². The average Bonchev–Trinajstić information content (AvgIpc) is 4.00. The van der Waals surface area contributed by atoms with E-state index in [2.05, 4.69) is 282 Å². The summed E-state index contributed by atoms with van der Waals surface area (Å²) >= 11 is 0. The fourth-order valence-electron chi connectivity index (χ4n) is 10.7. The summed E-state index contributed by atoms with van der Waals surface area (Å²) in [5.41, 5.74) is 18.9. The summed E-state index contributed by atoms with van der Waals surface area (Å²) in [6.45, 7) is 0. The molecule has 0 saturated heterocycles. The minimum atomic E-state index is -0.169. The van der Waals surface area contributed by atoms with Gasteiger partial charge in [0.05, 0.1) is 22.1 Å². The number of hydrogen-bond acceptors (Lipinski definition) is 2. The van der Waals surface area contributed by atoms with E-state index in [1.165, 1.54) is 55.2 Å².